The molecular formula is C81H52BN7. The highest BCUT2D eigenvalue weighted by atomic mass is 15.2. The van der Waals surface area contributed by atoms with E-state index in [-0.39, 0.29) is 6.71 Å². The Balaban J connectivity index is 0.855. The maximum atomic E-state index is 5.45. The molecule has 0 saturated carbocycles. The lowest BCUT2D eigenvalue weighted by molar-refractivity contribution is 1.06. The largest absolute Gasteiger partial charge is 0.311 e. The predicted molar refractivity (Wildman–Crippen MR) is 370 cm³/mol. The van der Waals surface area contributed by atoms with Crippen LogP contribution in [0.4, 0.5) is 34.1 Å². The normalized spacial score (nSPS) is 12.4. The van der Waals surface area contributed by atoms with E-state index in [0.717, 1.165) is 94.5 Å². The van der Waals surface area contributed by atoms with Gasteiger partial charge in [0, 0.05) is 83.6 Å². The first-order valence-electron chi connectivity index (χ1n) is 30.4. The summed E-state index contributed by atoms with van der Waals surface area (Å²) in [6, 6.07) is 114. The summed E-state index contributed by atoms with van der Waals surface area (Å²) in [6.07, 6.45) is 0. The van der Waals surface area contributed by atoms with Crippen molar-refractivity contribution in [2.45, 2.75) is 0 Å². The molecule has 13 aromatic carbocycles. The molecule has 0 N–H and O–H groups in total. The van der Waals surface area contributed by atoms with E-state index >= 15 is 0 Å². The van der Waals surface area contributed by atoms with E-state index in [1.807, 2.05) is 36.4 Å². The first-order valence-corrected chi connectivity index (χ1v) is 30.4. The molecule has 0 radical (unpaired) electrons. The lowest BCUT2D eigenvalue weighted by Crippen LogP contribution is -2.61. The molecule has 5 heterocycles. The molecule has 414 valence electrons. The smallest absolute Gasteiger partial charge is 0.252 e. The van der Waals surface area contributed by atoms with Gasteiger partial charge in [-0.05, 0) is 130 Å². The number of fused-ring (bicyclic) bond motifs is 10. The zero-order valence-electron chi connectivity index (χ0n) is 48.2. The minimum absolute atomic E-state index is 0.0524. The van der Waals surface area contributed by atoms with E-state index in [2.05, 4.69) is 298 Å². The van der Waals surface area contributed by atoms with Gasteiger partial charge in [-0.25, -0.2) is 15.0 Å². The fourth-order valence-corrected chi connectivity index (χ4v) is 14.3. The molecule has 0 fully saturated rings. The molecule has 0 saturated heterocycles. The highest BCUT2D eigenvalue weighted by Gasteiger charge is 2.43. The lowest BCUT2D eigenvalue weighted by atomic mass is 9.33. The summed E-state index contributed by atoms with van der Waals surface area (Å²) in [5.74, 6) is 1.78. The Labute approximate surface area is 515 Å². The van der Waals surface area contributed by atoms with Crippen molar-refractivity contribution < 1.29 is 0 Å². The second kappa shape index (κ2) is 20.4. The standard InChI is InChI=1S/C81H52BN7/c1-5-25-53(26-6-1)79-83-80(54-27-7-2-8-28-54)85-81(84-79)64-40-23-39-61(78(64)89-70-44-18-14-38-63(70)66-51-65-62-37-13-17-43-69(62)86(75(65)52-76(66)89)58-32-9-3-10-33-58)57-31-21-29-55(49-57)56-30-22-36-60(50-56)88-72-46-20-16-42-68(72)82-67-41-15-19-45-71(67)87(59-34-11-4-12-35-59)73-47-24-48-74(88)77(73)82/h1-52H. The summed E-state index contributed by atoms with van der Waals surface area (Å²) in [4.78, 5) is 21.0. The number of hydrogen-bond acceptors (Lipinski definition) is 5. The SMILES string of the molecule is c1ccc(-c2nc(-c3ccccc3)nc(-c3cccc(-c4cccc(-c5cccc(N6c7ccccc7B7c8ccccc8N(c8ccccc8)c8cccc6c87)c5)c4)c3-n3c4ccccc4c4cc5c6ccccc6n(-c6ccccc6)c5cc43)n2)cc1. The molecule has 0 spiro atoms. The minimum Gasteiger partial charge on any atom is -0.311 e. The van der Waals surface area contributed by atoms with Gasteiger partial charge in [-0.2, -0.15) is 0 Å². The van der Waals surface area contributed by atoms with Crippen LogP contribution >= 0.6 is 0 Å². The van der Waals surface area contributed by atoms with Crippen LogP contribution in [0.2, 0.25) is 0 Å². The summed E-state index contributed by atoms with van der Waals surface area (Å²) in [6.45, 7) is 0.0524. The molecule has 2 aliphatic rings. The Morgan fingerprint density at radius 1 is 0.247 bits per heavy atom. The molecule has 0 aliphatic carbocycles. The van der Waals surface area contributed by atoms with Crippen LogP contribution in [0.15, 0.2) is 315 Å². The zero-order valence-corrected chi connectivity index (χ0v) is 48.2. The van der Waals surface area contributed by atoms with Gasteiger partial charge in [0.15, 0.2) is 17.5 Å². The van der Waals surface area contributed by atoms with E-state index in [1.165, 1.54) is 49.9 Å². The molecule has 16 aromatic rings. The van der Waals surface area contributed by atoms with Crippen molar-refractivity contribution in [3.05, 3.63) is 315 Å². The van der Waals surface area contributed by atoms with Gasteiger partial charge in [0.25, 0.3) is 6.71 Å². The molecule has 0 unspecified atom stereocenters. The number of anilines is 6. The molecular weight excluding hydrogens is 1080 g/mol. The molecule has 89 heavy (non-hydrogen) atoms. The first kappa shape index (κ1) is 50.5. The average molecular weight is 1130 g/mol. The molecule has 8 heteroatoms. The van der Waals surface area contributed by atoms with Crippen molar-refractivity contribution in [1.82, 2.24) is 24.1 Å². The van der Waals surface area contributed by atoms with E-state index in [0.29, 0.717) is 17.5 Å². The van der Waals surface area contributed by atoms with E-state index < -0.39 is 0 Å². The third-order valence-corrected chi connectivity index (χ3v) is 18.1. The first-order chi connectivity index (χ1) is 44.2. The van der Waals surface area contributed by atoms with E-state index in [4.69, 9.17) is 15.0 Å². The van der Waals surface area contributed by atoms with E-state index in [1.54, 1.807) is 0 Å². The molecule has 18 rings (SSSR count). The monoisotopic (exact) mass is 1130 g/mol. The quantitative estimate of drug-likeness (QED) is 0.135. The molecule has 7 nitrogen and oxygen atoms in total. The van der Waals surface area contributed by atoms with Crippen LogP contribution in [0.1, 0.15) is 0 Å². The van der Waals surface area contributed by atoms with E-state index in [9.17, 15) is 0 Å². The van der Waals surface area contributed by atoms with Crippen molar-refractivity contribution in [2.75, 3.05) is 9.80 Å². The summed E-state index contributed by atoms with van der Waals surface area (Å²) in [5, 5.41) is 4.71. The van der Waals surface area contributed by atoms with Crippen molar-refractivity contribution in [3.63, 3.8) is 0 Å². The maximum absolute atomic E-state index is 5.45. The summed E-state index contributed by atoms with van der Waals surface area (Å²) >= 11 is 0. The average Bonchev–Trinajstić information content (AvgIpc) is 1.59. The zero-order chi connectivity index (χ0) is 58.5. The van der Waals surface area contributed by atoms with Crippen LogP contribution < -0.4 is 26.2 Å². The van der Waals surface area contributed by atoms with Gasteiger partial charge in [0.1, 0.15) is 0 Å². The Kier molecular flexibility index (Phi) is 11.6. The Bertz CT molecular complexity index is 5410. The van der Waals surface area contributed by atoms with Crippen molar-refractivity contribution in [1.29, 1.82) is 0 Å². The highest BCUT2D eigenvalue weighted by Crippen LogP contribution is 2.47. The maximum Gasteiger partial charge on any atom is 0.252 e. The van der Waals surface area contributed by atoms with Crippen molar-refractivity contribution in [2.24, 2.45) is 0 Å². The van der Waals surface area contributed by atoms with Gasteiger partial charge in [-0.15, -0.1) is 0 Å². The molecule has 0 atom stereocenters. The van der Waals surface area contributed by atoms with Gasteiger partial charge < -0.3 is 18.9 Å². The fourth-order valence-electron chi connectivity index (χ4n) is 14.3. The third-order valence-electron chi connectivity index (χ3n) is 18.1. The molecule has 0 amide bonds. The van der Waals surface area contributed by atoms with Gasteiger partial charge >= 0.3 is 0 Å². The summed E-state index contributed by atoms with van der Waals surface area (Å²) < 4.78 is 4.88. The summed E-state index contributed by atoms with van der Waals surface area (Å²) in [7, 11) is 0. The number of nitrogens with zero attached hydrogens (tertiary/aromatic N) is 7. The predicted octanol–water partition coefficient (Wildman–Crippen LogP) is 18.5. The van der Waals surface area contributed by atoms with Crippen molar-refractivity contribution in [3.8, 4) is 67.8 Å². The highest BCUT2D eigenvalue weighted by molar-refractivity contribution is 7.00. The van der Waals surface area contributed by atoms with Gasteiger partial charge in [0.05, 0.1) is 27.8 Å². The number of benzene rings is 13. The van der Waals surface area contributed by atoms with Crippen LogP contribution in [0.3, 0.4) is 0 Å². The van der Waals surface area contributed by atoms with Crippen LogP contribution in [0.25, 0.3) is 111 Å². The minimum atomic E-state index is 0.0524. The lowest BCUT2D eigenvalue weighted by Gasteiger charge is -2.44. The third kappa shape index (κ3) is 8.04. The molecule has 2 aliphatic heterocycles. The Hall–Kier alpha value is -11.9. The number of rotatable bonds is 9. The summed E-state index contributed by atoms with van der Waals surface area (Å²) in [5.41, 5.74) is 24.3. The van der Waals surface area contributed by atoms with Gasteiger partial charge in [-0.1, -0.05) is 218 Å². The second-order valence-electron chi connectivity index (χ2n) is 23.1. The van der Waals surface area contributed by atoms with Crippen LogP contribution in [-0.2, 0) is 0 Å². The van der Waals surface area contributed by atoms with Crippen LogP contribution in [0, 0.1) is 0 Å². The number of aromatic nitrogens is 5. The number of hydrogen-bond donors (Lipinski definition) is 0. The van der Waals surface area contributed by atoms with Crippen LogP contribution in [-0.4, -0.2) is 30.8 Å². The topological polar surface area (TPSA) is 55.0 Å². The Morgan fingerprint density at radius 2 is 0.674 bits per heavy atom. The Morgan fingerprint density at radius 3 is 1.31 bits per heavy atom. The number of para-hydroxylation sites is 7. The molecule has 3 aromatic heterocycles. The second-order valence-corrected chi connectivity index (χ2v) is 23.1. The van der Waals surface area contributed by atoms with Crippen LogP contribution in [0.5, 0.6) is 0 Å². The van der Waals surface area contributed by atoms with Gasteiger partial charge in [0.2, 0.25) is 0 Å². The molecule has 0 bridgehead atoms. The van der Waals surface area contributed by atoms with Gasteiger partial charge in [-0.3, -0.25) is 0 Å². The fraction of sp³-hybridized carbons (Fsp3) is 0. The van der Waals surface area contributed by atoms with Crippen molar-refractivity contribution >= 4 is 101 Å².